The molecular weight excluding hydrogens is 307 g/mol. The van der Waals surface area contributed by atoms with Gasteiger partial charge in [-0.1, -0.05) is 29.3 Å². The zero-order chi connectivity index (χ0) is 14.8. The number of benzene rings is 1. The molecule has 0 amide bonds. The second kappa shape index (κ2) is 6.26. The predicted octanol–water partition coefficient (Wildman–Crippen LogP) is 3.05. The van der Waals surface area contributed by atoms with Crippen LogP contribution in [0.4, 0.5) is 5.95 Å². The number of piperazine rings is 1. The quantitative estimate of drug-likeness (QED) is 0.867. The van der Waals surface area contributed by atoms with E-state index < -0.39 is 0 Å². The van der Waals surface area contributed by atoms with E-state index in [0.717, 1.165) is 49.3 Å². The average Bonchev–Trinajstić information content (AvgIpc) is 2.89. The van der Waals surface area contributed by atoms with E-state index in [4.69, 9.17) is 23.2 Å². The molecule has 1 aliphatic heterocycles. The first kappa shape index (κ1) is 14.7. The van der Waals surface area contributed by atoms with Gasteiger partial charge < -0.3 is 9.47 Å². The van der Waals surface area contributed by atoms with E-state index in [2.05, 4.69) is 19.4 Å². The van der Waals surface area contributed by atoms with Crippen molar-refractivity contribution in [2.45, 2.75) is 6.54 Å². The van der Waals surface area contributed by atoms with E-state index in [0.29, 0.717) is 5.02 Å². The molecule has 1 aromatic heterocycles. The highest BCUT2D eigenvalue weighted by Crippen LogP contribution is 2.23. The number of anilines is 1. The lowest BCUT2D eigenvalue weighted by Gasteiger charge is -2.35. The van der Waals surface area contributed by atoms with Gasteiger partial charge in [-0.3, -0.25) is 4.90 Å². The Balaban J connectivity index is 1.60. The van der Waals surface area contributed by atoms with Crippen LogP contribution in [0.15, 0.2) is 30.6 Å². The van der Waals surface area contributed by atoms with Gasteiger partial charge in [-0.05, 0) is 17.7 Å². The molecule has 0 radical (unpaired) electrons. The summed E-state index contributed by atoms with van der Waals surface area (Å²) in [6, 6.07) is 5.71. The second-order valence-corrected chi connectivity index (χ2v) is 6.18. The fourth-order valence-electron chi connectivity index (χ4n) is 2.66. The Morgan fingerprint density at radius 3 is 2.52 bits per heavy atom. The SMILES string of the molecule is Cn1ccnc1N1CCN(Cc2ccc(Cl)cc2Cl)CC1. The summed E-state index contributed by atoms with van der Waals surface area (Å²) in [7, 11) is 2.03. The van der Waals surface area contributed by atoms with Crippen molar-refractivity contribution in [1.82, 2.24) is 14.5 Å². The molecule has 112 valence electrons. The number of imidazole rings is 1. The summed E-state index contributed by atoms with van der Waals surface area (Å²) in [5, 5.41) is 1.43. The highest BCUT2D eigenvalue weighted by atomic mass is 35.5. The van der Waals surface area contributed by atoms with Gasteiger partial charge in [0.15, 0.2) is 0 Å². The van der Waals surface area contributed by atoms with E-state index in [-0.39, 0.29) is 0 Å². The Hall–Kier alpha value is -1.23. The molecule has 0 atom stereocenters. The molecule has 0 N–H and O–H groups in total. The highest BCUT2D eigenvalue weighted by Gasteiger charge is 2.20. The maximum Gasteiger partial charge on any atom is 0.205 e. The molecule has 1 aromatic carbocycles. The number of hydrogen-bond donors (Lipinski definition) is 0. The summed E-state index contributed by atoms with van der Waals surface area (Å²) in [6.07, 6.45) is 3.82. The van der Waals surface area contributed by atoms with Gasteiger partial charge in [0.05, 0.1) is 0 Å². The van der Waals surface area contributed by atoms with E-state index in [1.807, 2.05) is 37.6 Å². The van der Waals surface area contributed by atoms with Crippen LogP contribution in [-0.2, 0) is 13.6 Å². The molecule has 1 fully saturated rings. The maximum absolute atomic E-state index is 6.24. The van der Waals surface area contributed by atoms with E-state index >= 15 is 0 Å². The van der Waals surface area contributed by atoms with Gasteiger partial charge >= 0.3 is 0 Å². The number of aryl methyl sites for hydroxylation is 1. The third-order valence-electron chi connectivity index (χ3n) is 3.86. The Kier molecular flexibility index (Phi) is 4.38. The van der Waals surface area contributed by atoms with Crippen molar-refractivity contribution in [2.24, 2.45) is 7.05 Å². The number of aromatic nitrogens is 2. The molecule has 3 rings (SSSR count). The second-order valence-electron chi connectivity index (χ2n) is 5.34. The number of hydrogen-bond acceptors (Lipinski definition) is 3. The molecule has 0 saturated carbocycles. The zero-order valence-corrected chi connectivity index (χ0v) is 13.5. The van der Waals surface area contributed by atoms with Gasteiger partial charge in [-0.2, -0.15) is 0 Å². The molecular formula is C15H18Cl2N4. The van der Waals surface area contributed by atoms with Gasteiger partial charge in [-0.15, -0.1) is 0 Å². The van der Waals surface area contributed by atoms with Crippen LogP contribution in [0.5, 0.6) is 0 Å². The van der Waals surface area contributed by atoms with Gasteiger partial charge in [0.2, 0.25) is 5.95 Å². The fourth-order valence-corrected chi connectivity index (χ4v) is 3.13. The molecule has 4 nitrogen and oxygen atoms in total. The van der Waals surface area contributed by atoms with Crippen LogP contribution < -0.4 is 4.90 Å². The van der Waals surface area contributed by atoms with Crippen LogP contribution in [0, 0.1) is 0 Å². The van der Waals surface area contributed by atoms with Gasteiger partial charge in [0, 0.05) is 62.2 Å². The summed E-state index contributed by atoms with van der Waals surface area (Å²) in [6.45, 7) is 4.84. The lowest BCUT2D eigenvalue weighted by molar-refractivity contribution is 0.248. The highest BCUT2D eigenvalue weighted by molar-refractivity contribution is 6.35. The molecule has 1 aliphatic rings. The topological polar surface area (TPSA) is 24.3 Å². The lowest BCUT2D eigenvalue weighted by atomic mass is 10.2. The van der Waals surface area contributed by atoms with Crippen molar-refractivity contribution in [3.8, 4) is 0 Å². The molecule has 0 unspecified atom stereocenters. The van der Waals surface area contributed by atoms with Crippen LogP contribution in [0.1, 0.15) is 5.56 Å². The lowest BCUT2D eigenvalue weighted by Crippen LogP contribution is -2.46. The summed E-state index contributed by atoms with van der Waals surface area (Å²) >= 11 is 12.2. The van der Waals surface area contributed by atoms with Crippen molar-refractivity contribution in [2.75, 3.05) is 31.1 Å². The number of nitrogens with zero attached hydrogens (tertiary/aromatic N) is 4. The third-order valence-corrected chi connectivity index (χ3v) is 4.45. The molecule has 0 aliphatic carbocycles. The molecule has 0 spiro atoms. The van der Waals surface area contributed by atoms with Crippen molar-refractivity contribution in [3.05, 3.63) is 46.2 Å². The van der Waals surface area contributed by atoms with Crippen molar-refractivity contribution in [1.29, 1.82) is 0 Å². The minimum absolute atomic E-state index is 0.684. The standard InChI is InChI=1S/C15H18Cl2N4/c1-19-5-4-18-15(19)21-8-6-20(7-9-21)11-12-2-3-13(16)10-14(12)17/h2-5,10H,6-9,11H2,1H3. The average molecular weight is 325 g/mol. The number of rotatable bonds is 3. The van der Waals surface area contributed by atoms with E-state index in [9.17, 15) is 0 Å². The summed E-state index contributed by atoms with van der Waals surface area (Å²) in [4.78, 5) is 9.14. The minimum atomic E-state index is 0.684. The third kappa shape index (κ3) is 3.34. The van der Waals surface area contributed by atoms with Gasteiger partial charge in [-0.25, -0.2) is 4.98 Å². The maximum atomic E-state index is 6.24. The number of halogens is 2. The first-order valence-corrected chi connectivity index (χ1v) is 7.77. The molecule has 0 bridgehead atoms. The normalized spacial score (nSPS) is 16.4. The Bertz CT molecular complexity index is 618. The van der Waals surface area contributed by atoms with Crippen LogP contribution in [0.25, 0.3) is 0 Å². The summed E-state index contributed by atoms with van der Waals surface area (Å²) < 4.78 is 2.06. The Morgan fingerprint density at radius 2 is 1.90 bits per heavy atom. The van der Waals surface area contributed by atoms with Crippen molar-refractivity contribution in [3.63, 3.8) is 0 Å². The molecule has 2 heterocycles. The van der Waals surface area contributed by atoms with Crippen LogP contribution in [0.3, 0.4) is 0 Å². The van der Waals surface area contributed by atoms with Crippen LogP contribution >= 0.6 is 23.2 Å². The van der Waals surface area contributed by atoms with Crippen LogP contribution in [-0.4, -0.2) is 40.6 Å². The van der Waals surface area contributed by atoms with Gasteiger partial charge in [0.25, 0.3) is 0 Å². The Labute approximate surface area is 134 Å². The van der Waals surface area contributed by atoms with Crippen molar-refractivity contribution < 1.29 is 0 Å². The molecule has 6 heteroatoms. The van der Waals surface area contributed by atoms with Gasteiger partial charge in [0.1, 0.15) is 0 Å². The Morgan fingerprint density at radius 1 is 1.14 bits per heavy atom. The summed E-state index contributed by atoms with van der Waals surface area (Å²) in [5.41, 5.74) is 1.13. The first-order valence-electron chi connectivity index (χ1n) is 7.02. The van der Waals surface area contributed by atoms with Crippen molar-refractivity contribution >= 4 is 29.2 Å². The monoisotopic (exact) mass is 324 g/mol. The largest absolute Gasteiger partial charge is 0.340 e. The molecule has 1 saturated heterocycles. The minimum Gasteiger partial charge on any atom is -0.340 e. The molecule has 21 heavy (non-hydrogen) atoms. The fraction of sp³-hybridized carbons (Fsp3) is 0.400. The van der Waals surface area contributed by atoms with E-state index in [1.54, 1.807) is 0 Å². The van der Waals surface area contributed by atoms with E-state index in [1.165, 1.54) is 0 Å². The zero-order valence-electron chi connectivity index (χ0n) is 12.0. The smallest absolute Gasteiger partial charge is 0.205 e. The predicted molar refractivity (Wildman–Crippen MR) is 87.2 cm³/mol. The molecule has 2 aromatic rings. The van der Waals surface area contributed by atoms with Crippen LogP contribution in [0.2, 0.25) is 10.0 Å². The first-order chi connectivity index (χ1) is 10.1. The summed E-state index contributed by atoms with van der Waals surface area (Å²) in [5.74, 6) is 1.04.